The highest BCUT2D eigenvalue weighted by Crippen LogP contribution is 2.35. The summed E-state index contributed by atoms with van der Waals surface area (Å²) in [5.74, 6) is -2.43. The quantitative estimate of drug-likeness (QED) is 0.832. The third kappa shape index (κ3) is 3.57. The van der Waals surface area contributed by atoms with E-state index >= 15 is 0 Å². The summed E-state index contributed by atoms with van der Waals surface area (Å²) in [4.78, 5) is 29.8. The summed E-state index contributed by atoms with van der Waals surface area (Å²) in [6, 6.07) is 8.21. The van der Waals surface area contributed by atoms with E-state index < -0.39 is 17.5 Å². The molecular weight excluding hydrogens is 376 g/mol. The maximum Gasteiger partial charge on any atom is 0.257 e. The zero-order chi connectivity index (χ0) is 20.5. The molecule has 2 aliphatic heterocycles. The average molecular weight is 399 g/mol. The van der Waals surface area contributed by atoms with Crippen LogP contribution in [0.1, 0.15) is 53.3 Å². The van der Waals surface area contributed by atoms with Crippen molar-refractivity contribution in [1.29, 1.82) is 0 Å². The van der Waals surface area contributed by atoms with Crippen LogP contribution in [-0.4, -0.2) is 36.0 Å². The Hall–Kier alpha value is -2.96. The Balaban J connectivity index is 1.65. The van der Waals surface area contributed by atoms with Gasteiger partial charge in [0.2, 0.25) is 0 Å². The van der Waals surface area contributed by atoms with Gasteiger partial charge in [0.05, 0.1) is 11.3 Å². The smallest absolute Gasteiger partial charge is 0.257 e. The number of nitrogens with zero attached hydrogens (tertiary/aromatic N) is 2. The van der Waals surface area contributed by atoms with Crippen molar-refractivity contribution >= 4 is 23.2 Å². The van der Waals surface area contributed by atoms with Crippen LogP contribution in [0.25, 0.3) is 0 Å². The van der Waals surface area contributed by atoms with E-state index in [1.165, 1.54) is 6.07 Å². The molecule has 1 atom stereocenters. The van der Waals surface area contributed by atoms with Crippen LogP contribution in [0.4, 0.5) is 20.2 Å². The number of rotatable bonds is 3. The first kappa shape index (κ1) is 19.4. The van der Waals surface area contributed by atoms with Gasteiger partial charge in [0.1, 0.15) is 6.17 Å². The molecule has 2 aromatic rings. The first-order valence-electron chi connectivity index (χ1n) is 9.97. The Bertz CT molecular complexity index is 963. The van der Waals surface area contributed by atoms with E-state index in [9.17, 15) is 18.4 Å². The van der Waals surface area contributed by atoms with Crippen molar-refractivity contribution in [2.75, 3.05) is 23.3 Å². The van der Waals surface area contributed by atoms with Crippen molar-refractivity contribution < 1.29 is 18.4 Å². The van der Waals surface area contributed by atoms with Crippen LogP contribution >= 0.6 is 0 Å². The molecule has 0 aliphatic carbocycles. The van der Waals surface area contributed by atoms with E-state index in [4.69, 9.17) is 0 Å². The molecule has 1 fully saturated rings. The predicted molar refractivity (Wildman–Crippen MR) is 107 cm³/mol. The number of nitrogens with one attached hydrogen (secondary N) is 1. The molecule has 29 heavy (non-hydrogen) atoms. The third-order valence-electron chi connectivity index (χ3n) is 5.66. The summed E-state index contributed by atoms with van der Waals surface area (Å²) in [7, 11) is 0. The topological polar surface area (TPSA) is 52.7 Å². The minimum Gasteiger partial charge on any atom is -0.351 e. The van der Waals surface area contributed by atoms with Crippen LogP contribution in [0, 0.1) is 11.6 Å². The lowest BCUT2D eigenvalue weighted by Crippen LogP contribution is -2.55. The lowest BCUT2D eigenvalue weighted by Gasteiger charge is -2.44. The highest BCUT2D eigenvalue weighted by Gasteiger charge is 2.37. The summed E-state index contributed by atoms with van der Waals surface area (Å²) in [6.07, 6.45) is 4.09. The lowest BCUT2D eigenvalue weighted by molar-refractivity contribution is 0.0656. The number of halogens is 2. The lowest BCUT2D eigenvalue weighted by atomic mass is 10.0. The molecule has 152 valence electrons. The van der Waals surface area contributed by atoms with E-state index in [-0.39, 0.29) is 17.8 Å². The number of carbonyl (C=O) groups excluding carboxylic acids is 2. The number of anilines is 2. The second kappa shape index (κ2) is 7.81. The highest BCUT2D eigenvalue weighted by atomic mass is 19.2. The minimum absolute atomic E-state index is 0.00386. The second-order valence-electron chi connectivity index (χ2n) is 7.43. The molecule has 0 radical (unpaired) electrons. The average Bonchev–Trinajstić information content (AvgIpc) is 2.97. The van der Waals surface area contributed by atoms with Gasteiger partial charge in [-0.2, -0.15) is 0 Å². The zero-order valence-corrected chi connectivity index (χ0v) is 16.3. The predicted octanol–water partition coefficient (Wildman–Crippen LogP) is 4.40. The van der Waals surface area contributed by atoms with Gasteiger partial charge < -0.3 is 15.1 Å². The molecule has 0 aromatic heterocycles. The largest absolute Gasteiger partial charge is 0.351 e. The maximum absolute atomic E-state index is 13.4. The number of carbonyl (C=O) groups is 2. The van der Waals surface area contributed by atoms with Gasteiger partial charge in [-0.05, 0) is 56.5 Å². The molecule has 0 bridgehead atoms. The SMILES string of the molecule is CCN1c2cc(C(=O)Nc3ccc(F)c(F)c3)ccc2C(=O)N2CCCCCC21. The molecule has 4 rings (SSSR count). The van der Waals surface area contributed by atoms with E-state index in [0.717, 1.165) is 56.6 Å². The highest BCUT2D eigenvalue weighted by molar-refractivity contribution is 6.08. The number of fused-ring (bicyclic) bond motifs is 2. The van der Waals surface area contributed by atoms with E-state index in [2.05, 4.69) is 10.2 Å². The number of amides is 2. The van der Waals surface area contributed by atoms with Crippen molar-refractivity contribution in [3.63, 3.8) is 0 Å². The monoisotopic (exact) mass is 399 g/mol. The van der Waals surface area contributed by atoms with E-state index in [1.54, 1.807) is 18.2 Å². The van der Waals surface area contributed by atoms with Crippen molar-refractivity contribution in [2.24, 2.45) is 0 Å². The maximum atomic E-state index is 13.4. The standard InChI is InChI=1S/C22H23F2N3O2/c1-2-26-19-12-14(21(28)25-15-8-10-17(23)18(24)13-15)7-9-16(19)22(29)27-11-5-3-4-6-20(26)27/h7-10,12-13,20H,2-6,11H2,1H3,(H,25,28). The molecule has 7 heteroatoms. The number of hydrogen-bond acceptors (Lipinski definition) is 3. The van der Waals surface area contributed by atoms with Gasteiger partial charge in [0.15, 0.2) is 11.6 Å². The fourth-order valence-corrected chi connectivity index (χ4v) is 4.22. The summed E-state index contributed by atoms with van der Waals surface area (Å²) in [5.41, 5.74) is 1.87. The molecule has 1 unspecified atom stereocenters. The van der Waals surface area contributed by atoms with Crippen molar-refractivity contribution in [3.05, 3.63) is 59.2 Å². The summed E-state index contributed by atoms with van der Waals surface area (Å²) in [6.45, 7) is 3.50. The van der Waals surface area contributed by atoms with Crippen molar-refractivity contribution in [2.45, 2.75) is 38.8 Å². The molecule has 1 N–H and O–H groups in total. The first-order valence-corrected chi connectivity index (χ1v) is 9.97. The molecule has 5 nitrogen and oxygen atoms in total. The van der Waals surface area contributed by atoms with Crippen LogP contribution in [0.5, 0.6) is 0 Å². The van der Waals surface area contributed by atoms with Crippen LogP contribution in [0.2, 0.25) is 0 Å². The molecule has 2 amide bonds. The van der Waals surface area contributed by atoms with Crippen molar-refractivity contribution in [3.8, 4) is 0 Å². The first-order chi connectivity index (χ1) is 14.0. The van der Waals surface area contributed by atoms with Gasteiger partial charge in [-0.3, -0.25) is 9.59 Å². The Morgan fingerprint density at radius 2 is 1.93 bits per heavy atom. The number of benzene rings is 2. The summed E-state index contributed by atoms with van der Waals surface area (Å²) in [5, 5.41) is 2.58. The van der Waals surface area contributed by atoms with Gasteiger partial charge in [-0.1, -0.05) is 6.42 Å². The molecule has 2 aromatic carbocycles. The van der Waals surface area contributed by atoms with E-state index in [0.29, 0.717) is 11.1 Å². The van der Waals surface area contributed by atoms with Crippen LogP contribution in [-0.2, 0) is 0 Å². The fraction of sp³-hybridized carbons (Fsp3) is 0.364. The molecular formula is C22H23F2N3O2. The molecule has 1 saturated heterocycles. The molecule has 2 heterocycles. The zero-order valence-electron chi connectivity index (χ0n) is 16.3. The normalized spacial score (nSPS) is 18.7. The van der Waals surface area contributed by atoms with E-state index in [1.807, 2.05) is 11.8 Å². The molecule has 0 saturated carbocycles. The van der Waals surface area contributed by atoms with Gasteiger partial charge in [-0.25, -0.2) is 8.78 Å². The third-order valence-corrected chi connectivity index (χ3v) is 5.66. The molecule has 0 spiro atoms. The summed E-state index contributed by atoms with van der Waals surface area (Å²) < 4.78 is 26.5. The van der Waals surface area contributed by atoms with Crippen LogP contribution in [0.15, 0.2) is 36.4 Å². The Kier molecular flexibility index (Phi) is 5.22. The Labute approximate surface area is 168 Å². The fourth-order valence-electron chi connectivity index (χ4n) is 4.22. The Morgan fingerprint density at radius 3 is 2.69 bits per heavy atom. The van der Waals surface area contributed by atoms with Gasteiger partial charge in [0, 0.05) is 30.4 Å². The summed E-state index contributed by atoms with van der Waals surface area (Å²) >= 11 is 0. The number of hydrogen-bond donors (Lipinski definition) is 1. The molecule has 2 aliphatic rings. The van der Waals surface area contributed by atoms with Crippen LogP contribution < -0.4 is 10.2 Å². The van der Waals surface area contributed by atoms with Crippen molar-refractivity contribution in [1.82, 2.24) is 4.90 Å². The van der Waals surface area contributed by atoms with Gasteiger partial charge in [-0.15, -0.1) is 0 Å². The Morgan fingerprint density at radius 1 is 1.10 bits per heavy atom. The van der Waals surface area contributed by atoms with Crippen LogP contribution in [0.3, 0.4) is 0 Å². The minimum atomic E-state index is -1.02. The van der Waals surface area contributed by atoms with Gasteiger partial charge in [0.25, 0.3) is 11.8 Å². The van der Waals surface area contributed by atoms with Gasteiger partial charge >= 0.3 is 0 Å². The second-order valence-corrected chi connectivity index (χ2v) is 7.43.